The zero-order valence-corrected chi connectivity index (χ0v) is 6.13. The maximum Gasteiger partial charge on any atom is 0.316 e. The maximum atomic E-state index is 3.25. The average Bonchev–Trinajstić information content (AvgIpc) is 1.00. The summed E-state index contributed by atoms with van der Waals surface area (Å²) < 4.78 is 0. The van der Waals surface area contributed by atoms with Crippen LogP contribution in [-0.2, 0) is 35.3 Å². The molecule has 0 saturated carbocycles. The van der Waals surface area contributed by atoms with Gasteiger partial charge in [0.1, 0.15) is 0 Å². The molecule has 0 nitrogen and oxygen atoms in total. The van der Waals surface area contributed by atoms with Gasteiger partial charge in [-0.1, -0.05) is 0 Å². The first-order valence-corrected chi connectivity index (χ1v) is 1.46. The van der Waals surface area contributed by atoms with Crippen LogP contribution < -0.4 is 0 Å². The Bertz CT molecular complexity index is 8.00. The van der Waals surface area contributed by atoms with E-state index in [4.69, 9.17) is 0 Å². The summed E-state index contributed by atoms with van der Waals surface area (Å²) in [6.45, 7) is 1.75. The molecule has 4 heavy (non-hydrogen) atoms. The Kier molecular flexibility index (Phi) is 84.2. The monoisotopic (exact) mass is 159 g/mol. The Labute approximate surface area is 64.5 Å². The Morgan fingerprint density at radius 1 is 1.25 bits per heavy atom. The number of hydrogen-bond acceptors (Lipinski definition) is 0. The Hall–Kier alpha value is 1.97. The molecule has 0 amide bonds. The topological polar surface area (TPSA) is 0 Å². The molecule has 0 aromatic carbocycles. The summed E-state index contributed by atoms with van der Waals surface area (Å²) in [6, 6.07) is 0. The maximum absolute atomic E-state index is 3.25. The molecule has 0 aliphatic rings. The molecule has 0 aliphatic carbocycles. The van der Waals surface area contributed by atoms with Crippen molar-refractivity contribution in [2.24, 2.45) is 0 Å². The Morgan fingerprint density at radius 3 is 1.25 bits per heavy atom. The second kappa shape index (κ2) is 20.2. The number of rotatable bonds is 0. The van der Waals surface area contributed by atoms with E-state index in [0.717, 1.165) is 0 Å². The van der Waals surface area contributed by atoms with Gasteiger partial charge in [0.25, 0.3) is 0 Å². The van der Waals surface area contributed by atoms with Crippen LogP contribution in [0.15, 0.2) is 0 Å². The van der Waals surface area contributed by atoms with Gasteiger partial charge in [-0.05, 0) is 0 Å². The fourth-order valence-electron chi connectivity index (χ4n) is 0. The minimum Gasteiger partial charge on any atom is 0 e. The summed E-state index contributed by atoms with van der Waals surface area (Å²) in [5, 5.41) is 0. The SMILES string of the molecule is [BH2][Fe].[MgH2].[Zn]. The van der Waals surface area contributed by atoms with Crippen LogP contribution in [0.25, 0.3) is 0 Å². The molecule has 0 atom stereocenters. The molecule has 0 fully saturated rings. The van der Waals surface area contributed by atoms with Crippen LogP contribution in [0.1, 0.15) is 0 Å². The van der Waals surface area contributed by atoms with Crippen LogP contribution in [0.2, 0.25) is 0 Å². The van der Waals surface area contributed by atoms with Gasteiger partial charge in [-0.3, -0.25) is 0 Å². The van der Waals surface area contributed by atoms with Crippen molar-refractivity contribution in [3.8, 4) is 0 Å². The molecule has 0 aromatic rings. The predicted octanol–water partition coefficient (Wildman–Crippen LogP) is -1.84. The van der Waals surface area contributed by atoms with Crippen molar-refractivity contribution in [2.45, 2.75) is 0 Å². The van der Waals surface area contributed by atoms with Crippen molar-refractivity contribution in [3.05, 3.63) is 0 Å². The van der Waals surface area contributed by atoms with Crippen molar-refractivity contribution in [3.63, 3.8) is 0 Å². The fraction of sp³-hybridized carbons (Fsp3) is 0. The molecule has 0 saturated heterocycles. The van der Waals surface area contributed by atoms with Crippen LogP contribution >= 0.6 is 0 Å². The van der Waals surface area contributed by atoms with Gasteiger partial charge in [0, 0.05) is 19.5 Å². The van der Waals surface area contributed by atoms with E-state index in [1.165, 1.54) is 0 Å². The minimum atomic E-state index is 0. The third-order valence-electron chi connectivity index (χ3n) is 0. The van der Waals surface area contributed by atoms with Gasteiger partial charge in [-0.15, -0.1) is 0 Å². The van der Waals surface area contributed by atoms with Crippen molar-refractivity contribution in [2.75, 3.05) is 0 Å². The van der Waals surface area contributed by atoms with E-state index in [1.54, 1.807) is 6.66 Å². The van der Waals surface area contributed by atoms with Gasteiger partial charge in [0.2, 0.25) is 0 Å². The van der Waals surface area contributed by atoms with Crippen LogP contribution in [-0.4, -0.2) is 29.7 Å². The first kappa shape index (κ1) is 16.7. The van der Waals surface area contributed by atoms with E-state index >= 15 is 0 Å². The van der Waals surface area contributed by atoms with Gasteiger partial charge in [-0.2, -0.15) is 0 Å². The van der Waals surface area contributed by atoms with E-state index < -0.39 is 0 Å². The van der Waals surface area contributed by atoms with Crippen LogP contribution in [0.4, 0.5) is 0 Å². The van der Waals surface area contributed by atoms with Gasteiger partial charge >= 0.3 is 45.6 Å². The summed E-state index contributed by atoms with van der Waals surface area (Å²) in [7, 11) is 0. The molecule has 0 radical (unpaired) electrons. The first-order valence-electron chi connectivity index (χ1n) is 0.354. The standard InChI is InChI=1S/BH2.Fe.Mg.Zn.2H/h1H2;;;;;/q+1;-1;;;;. The van der Waals surface area contributed by atoms with Crippen LogP contribution in [0.5, 0.6) is 0 Å². The molecule has 0 aliphatic heterocycles. The summed E-state index contributed by atoms with van der Waals surface area (Å²) >= 11 is 3.25. The zero-order valence-electron chi connectivity index (χ0n) is 2.06. The van der Waals surface area contributed by atoms with Crippen molar-refractivity contribution in [1.29, 1.82) is 0 Å². The second-order valence-corrected chi connectivity index (χ2v) is 0. The first-order chi connectivity index (χ1) is 1.00. The summed E-state index contributed by atoms with van der Waals surface area (Å²) in [5.74, 6) is 0. The quantitative estimate of drug-likeness (QED) is 0.366. The van der Waals surface area contributed by atoms with Crippen LogP contribution in [0, 0.1) is 0 Å². The second-order valence-electron chi connectivity index (χ2n) is 0. The molecule has 0 bridgehead atoms. The molecular weight excluding hydrogens is 156 g/mol. The van der Waals surface area contributed by atoms with Crippen molar-refractivity contribution >= 4 is 29.7 Å². The van der Waals surface area contributed by atoms with E-state index in [-0.39, 0.29) is 42.5 Å². The van der Waals surface area contributed by atoms with Crippen molar-refractivity contribution in [1.82, 2.24) is 0 Å². The van der Waals surface area contributed by atoms with E-state index in [0.29, 0.717) is 0 Å². The van der Waals surface area contributed by atoms with E-state index in [9.17, 15) is 0 Å². The fourth-order valence-corrected chi connectivity index (χ4v) is 0. The Balaban J connectivity index is -0.00000000500. The molecule has 0 N–H and O–H groups in total. The summed E-state index contributed by atoms with van der Waals surface area (Å²) in [6.07, 6.45) is 0. The predicted molar refractivity (Wildman–Crippen MR) is 17.1 cm³/mol. The summed E-state index contributed by atoms with van der Waals surface area (Å²) in [5.41, 5.74) is 0. The third kappa shape index (κ3) is 9.02. The molecule has 0 spiro atoms. The third-order valence-corrected chi connectivity index (χ3v) is 0. The van der Waals surface area contributed by atoms with Crippen LogP contribution in [0.3, 0.4) is 0 Å². The molecule has 4 heteroatoms. The molecule has 0 rings (SSSR count). The zero-order chi connectivity index (χ0) is 2.00. The van der Waals surface area contributed by atoms with Gasteiger partial charge in [0.05, 0.1) is 0 Å². The van der Waals surface area contributed by atoms with E-state index in [2.05, 4.69) is 15.8 Å². The molecule has 19 valence electrons. The van der Waals surface area contributed by atoms with Gasteiger partial charge in [-0.25, -0.2) is 0 Å². The molecular formula is H4BFeMgZn. The molecule has 0 aromatic heterocycles. The van der Waals surface area contributed by atoms with Gasteiger partial charge in [0.15, 0.2) is 0 Å². The van der Waals surface area contributed by atoms with Crippen molar-refractivity contribution < 1.29 is 35.3 Å². The smallest absolute Gasteiger partial charge is 0 e. The molecule has 0 heterocycles. The Morgan fingerprint density at radius 2 is 1.25 bits per heavy atom. The molecule has 0 unspecified atom stereocenters. The van der Waals surface area contributed by atoms with E-state index in [1.807, 2.05) is 0 Å². The normalized spacial score (nSPS) is 1.25. The van der Waals surface area contributed by atoms with Gasteiger partial charge < -0.3 is 0 Å². The minimum absolute atomic E-state index is 0. The largest absolute Gasteiger partial charge is 0.316 e. The average molecular weight is 160 g/mol. The summed E-state index contributed by atoms with van der Waals surface area (Å²) in [4.78, 5) is 0. The number of hydrogen-bond donors (Lipinski definition) is 0.